The molecule has 0 spiro atoms. The van der Waals surface area contributed by atoms with Crippen molar-refractivity contribution in [2.75, 3.05) is 11.9 Å². The number of nitrogens with one attached hydrogen (secondary N) is 1. The van der Waals surface area contributed by atoms with Crippen molar-refractivity contribution in [3.8, 4) is 10.6 Å². The molecule has 3 heterocycles. The molecule has 3 aromatic rings. The van der Waals surface area contributed by atoms with Gasteiger partial charge in [-0.15, -0.1) is 11.3 Å². The topological polar surface area (TPSA) is 103 Å². The molecule has 27 heavy (non-hydrogen) atoms. The van der Waals surface area contributed by atoms with Crippen molar-refractivity contribution in [3.63, 3.8) is 0 Å². The summed E-state index contributed by atoms with van der Waals surface area (Å²) in [6, 6.07) is 6.77. The minimum atomic E-state index is -0.477. The lowest BCUT2D eigenvalue weighted by molar-refractivity contribution is -0.117. The van der Waals surface area contributed by atoms with Gasteiger partial charge in [-0.2, -0.15) is 5.10 Å². The van der Waals surface area contributed by atoms with Gasteiger partial charge in [0.25, 0.3) is 5.56 Å². The van der Waals surface area contributed by atoms with Gasteiger partial charge < -0.3 is 10.1 Å². The van der Waals surface area contributed by atoms with E-state index in [2.05, 4.69) is 15.4 Å². The molecule has 0 radical (unpaired) electrons. The Labute approximate surface area is 162 Å². The molecule has 0 aliphatic carbocycles. The molecule has 3 aromatic heterocycles. The van der Waals surface area contributed by atoms with E-state index < -0.39 is 11.9 Å². The molecule has 8 nitrogen and oxygen atoms in total. The first kappa shape index (κ1) is 18.9. The Bertz CT molecular complexity index is 1020. The number of carbonyl (C=O) groups is 2. The average Bonchev–Trinajstić information content (AvgIpc) is 3.27. The van der Waals surface area contributed by atoms with E-state index in [4.69, 9.17) is 4.74 Å². The van der Waals surface area contributed by atoms with Crippen molar-refractivity contribution in [3.05, 3.63) is 50.6 Å². The summed E-state index contributed by atoms with van der Waals surface area (Å²) in [5.74, 6) is -0.938. The quantitative estimate of drug-likeness (QED) is 0.634. The Morgan fingerprint density at radius 1 is 1.30 bits per heavy atom. The first-order valence-electron chi connectivity index (χ1n) is 8.04. The van der Waals surface area contributed by atoms with Crippen molar-refractivity contribution < 1.29 is 14.3 Å². The third kappa shape index (κ3) is 4.47. The zero-order chi connectivity index (χ0) is 19.4. The average molecular weight is 404 g/mol. The number of hydrogen-bond donors (Lipinski definition) is 1. The summed E-state index contributed by atoms with van der Waals surface area (Å²) >= 11 is 2.52. The standard InChI is InChI=1S/C17H16N4O4S2/c1-3-25-16(24)15-10(2)18-17(27-15)19-13(22)9-21-14(23)7-6-11(20-21)12-5-4-8-26-12/h4-8H,3,9H2,1-2H3,(H,18,19,22). The maximum absolute atomic E-state index is 12.3. The summed E-state index contributed by atoms with van der Waals surface area (Å²) in [4.78, 5) is 41.5. The predicted molar refractivity (Wildman–Crippen MR) is 103 cm³/mol. The normalized spacial score (nSPS) is 10.6. The molecule has 10 heteroatoms. The number of aromatic nitrogens is 3. The summed E-state index contributed by atoms with van der Waals surface area (Å²) < 4.78 is 6.05. The van der Waals surface area contributed by atoms with E-state index in [1.165, 1.54) is 17.4 Å². The second kappa shape index (κ2) is 8.23. The van der Waals surface area contributed by atoms with Crippen LogP contribution in [0.15, 0.2) is 34.4 Å². The van der Waals surface area contributed by atoms with E-state index in [0.29, 0.717) is 16.3 Å². The van der Waals surface area contributed by atoms with E-state index in [9.17, 15) is 14.4 Å². The van der Waals surface area contributed by atoms with Crippen molar-refractivity contribution in [2.24, 2.45) is 0 Å². The van der Waals surface area contributed by atoms with Crippen LogP contribution < -0.4 is 10.9 Å². The van der Waals surface area contributed by atoms with Crippen molar-refractivity contribution >= 4 is 39.7 Å². The van der Waals surface area contributed by atoms with Crippen LogP contribution >= 0.6 is 22.7 Å². The Morgan fingerprint density at radius 3 is 2.81 bits per heavy atom. The second-order valence-corrected chi connectivity index (χ2v) is 7.34. The molecule has 0 saturated heterocycles. The van der Waals surface area contributed by atoms with Crippen LogP contribution in [-0.2, 0) is 16.1 Å². The summed E-state index contributed by atoms with van der Waals surface area (Å²) in [6.45, 7) is 3.37. The highest BCUT2D eigenvalue weighted by Gasteiger charge is 2.18. The van der Waals surface area contributed by atoms with E-state index in [0.717, 1.165) is 20.9 Å². The number of hydrogen-bond acceptors (Lipinski definition) is 8. The molecule has 0 aliphatic rings. The van der Waals surface area contributed by atoms with Crippen molar-refractivity contribution in [2.45, 2.75) is 20.4 Å². The first-order chi connectivity index (χ1) is 13.0. The smallest absolute Gasteiger partial charge is 0.350 e. The maximum Gasteiger partial charge on any atom is 0.350 e. The van der Waals surface area contributed by atoms with Crippen molar-refractivity contribution in [1.29, 1.82) is 0 Å². The van der Waals surface area contributed by atoms with Gasteiger partial charge in [0.1, 0.15) is 17.1 Å². The lowest BCUT2D eigenvalue weighted by atomic mass is 10.3. The van der Waals surface area contributed by atoms with Gasteiger partial charge in [0, 0.05) is 6.07 Å². The molecule has 0 fully saturated rings. The van der Waals surface area contributed by atoms with Crippen LogP contribution in [0.1, 0.15) is 22.3 Å². The number of ether oxygens (including phenoxy) is 1. The van der Waals surface area contributed by atoms with E-state index in [-0.39, 0.29) is 23.8 Å². The van der Waals surface area contributed by atoms with Gasteiger partial charge in [-0.3, -0.25) is 9.59 Å². The lowest BCUT2D eigenvalue weighted by Crippen LogP contribution is -2.29. The summed E-state index contributed by atoms with van der Waals surface area (Å²) in [5.41, 5.74) is 0.712. The molecule has 0 atom stereocenters. The number of amides is 1. The van der Waals surface area contributed by atoms with Gasteiger partial charge >= 0.3 is 5.97 Å². The van der Waals surface area contributed by atoms with Gasteiger partial charge in [-0.1, -0.05) is 17.4 Å². The SMILES string of the molecule is CCOC(=O)c1sc(NC(=O)Cn2nc(-c3cccs3)ccc2=O)nc1C. The predicted octanol–water partition coefficient (Wildman–Crippen LogP) is 2.55. The van der Waals surface area contributed by atoms with Crippen LogP contribution in [0, 0.1) is 6.92 Å². The zero-order valence-electron chi connectivity index (χ0n) is 14.6. The third-order valence-electron chi connectivity index (χ3n) is 3.44. The number of esters is 1. The highest BCUT2D eigenvalue weighted by Crippen LogP contribution is 2.23. The molecule has 1 amide bonds. The Kier molecular flexibility index (Phi) is 5.77. The molecule has 0 aromatic carbocycles. The summed E-state index contributed by atoms with van der Waals surface area (Å²) in [5, 5.41) is 9.00. The molecule has 0 bridgehead atoms. The van der Waals surface area contributed by atoms with Crippen molar-refractivity contribution in [1.82, 2.24) is 14.8 Å². The highest BCUT2D eigenvalue weighted by molar-refractivity contribution is 7.17. The number of thiazole rings is 1. The van der Waals surface area contributed by atoms with Gasteiger partial charge in [0.05, 0.1) is 17.2 Å². The van der Waals surface area contributed by atoms with Gasteiger partial charge in [-0.25, -0.2) is 14.5 Å². The Balaban J connectivity index is 1.73. The summed E-state index contributed by atoms with van der Waals surface area (Å²) in [6.07, 6.45) is 0. The molecule has 140 valence electrons. The maximum atomic E-state index is 12.3. The molecular weight excluding hydrogens is 388 g/mol. The van der Waals surface area contributed by atoms with Crippen LogP contribution in [0.3, 0.4) is 0 Å². The number of aryl methyl sites for hydroxylation is 1. The Hall–Kier alpha value is -2.85. The van der Waals surface area contributed by atoms with Crippen LogP contribution in [0.5, 0.6) is 0 Å². The fraction of sp³-hybridized carbons (Fsp3) is 0.235. The van der Waals surface area contributed by atoms with Crippen LogP contribution in [0.2, 0.25) is 0 Å². The largest absolute Gasteiger partial charge is 0.462 e. The fourth-order valence-electron chi connectivity index (χ4n) is 2.25. The van der Waals surface area contributed by atoms with Crippen LogP contribution in [0.4, 0.5) is 5.13 Å². The highest BCUT2D eigenvalue weighted by atomic mass is 32.1. The van der Waals surface area contributed by atoms with Gasteiger partial charge in [0.2, 0.25) is 5.91 Å². The first-order valence-corrected chi connectivity index (χ1v) is 9.74. The zero-order valence-corrected chi connectivity index (χ0v) is 16.2. The van der Waals surface area contributed by atoms with Crippen LogP contribution in [0.25, 0.3) is 10.6 Å². The van der Waals surface area contributed by atoms with E-state index in [1.54, 1.807) is 19.9 Å². The number of carbonyl (C=O) groups excluding carboxylic acids is 2. The number of nitrogens with zero attached hydrogens (tertiary/aromatic N) is 3. The molecule has 0 saturated carbocycles. The summed E-state index contributed by atoms with van der Waals surface area (Å²) in [7, 11) is 0. The number of anilines is 1. The minimum Gasteiger partial charge on any atom is -0.462 e. The minimum absolute atomic E-state index is 0.257. The van der Waals surface area contributed by atoms with E-state index >= 15 is 0 Å². The van der Waals surface area contributed by atoms with E-state index in [1.807, 2.05) is 17.5 Å². The third-order valence-corrected chi connectivity index (χ3v) is 5.38. The molecule has 0 aliphatic heterocycles. The van der Waals surface area contributed by atoms with Gasteiger partial charge in [-0.05, 0) is 31.4 Å². The van der Waals surface area contributed by atoms with Crippen LogP contribution in [-0.4, -0.2) is 33.2 Å². The number of rotatable bonds is 6. The number of thiophene rings is 1. The monoisotopic (exact) mass is 404 g/mol. The molecular formula is C17H16N4O4S2. The van der Waals surface area contributed by atoms with Gasteiger partial charge in [0.15, 0.2) is 5.13 Å². The molecule has 1 N–H and O–H groups in total. The lowest BCUT2D eigenvalue weighted by Gasteiger charge is -2.06. The fourth-order valence-corrected chi connectivity index (χ4v) is 3.82. The molecule has 3 rings (SSSR count). The second-order valence-electron chi connectivity index (χ2n) is 5.39. The molecule has 0 unspecified atom stereocenters. The Morgan fingerprint density at radius 2 is 2.11 bits per heavy atom.